The van der Waals surface area contributed by atoms with Crippen molar-refractivity contribution >= 4 is 29.3 Å². The maximum atomic E-state index is 13.2. The van der Waals surface area contributed by atoms with Crippen LogP contribution in [0.2, 0.25) is 5.02 Å². The molecule has 5 rings (SSSR count). The number of hydrogen-bond donors (Lipinski definition) is 1. The van der Waals surface area contributed by atoms with Crippen molar-refractivity contribution in [3.63, 3.8) is 0 Å². The highest BCUT2D eigenvalue weighted by molar-refractivity contribution is 7.99. The van der Waals surface area contributed by atoms with Gasteiger partial charge in [0.1, 0.15) is 17.4 Å². The molecule has 0 aliphatic carbocycles. The van der Waals surface area contributed by atoms with Gasteiger partial charge in [0.25, 0.3) is 0 Å². The number of benzene rings is 2. The minimum Gasteiger partial charge on any atom is -0.497 e. The highest BCUT2D eigenvalue weighted by Gasteiger charge is 2.32. The normalized spacial score (nSPS) is 15.5. The number of hydrogen-bond acceptors (Lipinski definition) is 6. The Hall–Kier alpha value is -3.30. The molecule has 35 heavy (non-hydrogen) atoms. The summed E-state index contributed by atoms with van der Waals surface area (Å²) in [4.78, 5) is 23.1. The molecule has 2 aromatic heterocycles. The van der Waals surface area contributed by atoms with Crippen LogP contribution in [-0.4, -0.2) is 54.9 Å². The smallest absolute Gasteiger partial charge is 0.233 e. The van der Waals surface area contributed by atoms with Gasteiger partial charge >= 0.3 is 0 Å². The van der Waals surface area contributed by atoms with Crippen molar-refractivity contribution < 1.29 is 9.53 Å². The molecule has 3 heterocycles. The van der Waals surface area contributed by atoms with Crippen LogP contribution in [0.3, 0.4) is 0 Å². The van der Waals surface area contributed by atoms with Gasteiger partial charge in [-0.3, -0.25) is 9.36 Å². The van der Waals surface area contributed by atoms with Crippen LogP contribution in [0.4, 0.5) is 0 Å². The lowest BCUT2D eigenvalue weighted by Crippen LogP contribution is -2.32. The van der Waals surface area contributed by atoms with Crippen molar-refractivity contribution in [2.75, 3.05) is 19.4 Å². The third-order valence-corrected chi connectivity index (χ3v) is 7.34. The third-order valence-electron chi connectivity index (χ3n) is 6.10. The van der Waals surface area contributed by atoms with Gasteiger partial charge in [-0.1, -0.05) is 41.6 Å². The molecule has 1 unspecified atom stereocenters. The lowest BCUT2D eigenvalue weighted by atomic mass is 10.2. The molecule has 1 amide bonds. The van der Waals surface area contributed by atoms with Gasteiger partial charge in [-0.05, 0) is 50.1 Å². The zero-order chi connectivity index (χ0) is 24.4. The Morgan fingerprint density at radius 3 is 2.77 bits per heavy atom. The SMILES string of the molecule is COc1ccc(-n2c(C)nnc2SCC(=O)N2CCCC2c2ncc(-c3ccccc3Cl)[nH]2)cc1. The zero-order valence-corrected chi connectivity index (χ0v) is 21.0. The molecule has 1 N–H and O–H groups in total. The molecule has 0 bridgehead atoms. The van der Waals surface area contributed by atoms with Crippen molar-refractivity contribution in [1.29, 1.82) is 0 Å². The summed E-state index contributed by atoms with van der Waals surface area (Å²) in [5, 5.41) is 9.86. The maximum Gasteiger partial charge on any atom is 0.233 e. The summed E-state index contributed by atoms with van der Waals surface area (Å²) in [5.41, 5.74) is 2.67. The number of amides is 1. The van der Waals surface area contributed by atoms with Crippen molar-refractivity contribution in [1.82, 2.24) is 29.6 Å². The second-order valence-electron chi connectivity index (χ2n) is 8.26. The fourth-order valence-electron chi connectivity index (χ4n) is 4.35. The topological polar surface area (TPSA) is 88.9 Å². The number of carbonyl (C=O) groups is 1. The van der Waals surface area contributed by atoms with E-state index in [9.17, 15) is 4.79 Å². The molecule has 4 aromatic rings. The summed E-state index contributed by atoms with van der Waals surface area (Å²) in [6, 6.07) is 15.2. The number of aromatic amines is 1. The van der Waals surface area contributed by atoms with Gasteiger partial charge in [-0.15, -0.1) is 10.2 Å². The molecular formula is C25H25ClN6O2S. The van der Waals surface area contributed by atoms with E-state index in [4.69, 9.17) is 16.3 Å². The number of ether oxygens (including phenoxy) is 1. The van der Waals surface area contributed by atoms with Crippen molar-refractivity contribution in [2.24, 2.45) is 0 Å². The number of carbonyl (C=O) groups excluding carboxylic acids is 1. The van der Waals surface area contributed by atoms with E-state index in [0.29, 0.717) is 16.7 Å². The summed E-state index contributed by atoms with van der Waals surface area (Å²) >= 11 is 7.73. The molecule has 10 heteroatoms. The maximum absolute atomic E-state index is 13.2. The van der Waals surface area contributed by atoms with Crippen LogP contribution >= 0.6 is 23.4 Å². The molecule has 1 saturated heterocycles. The van der Waals surface area contributed by atoms with Crippen LogP contribution in [-0.2, 0) is 4.79 Å². The number of methoxy groups -OCH3 is 1. The van der Waals surface area contributed by atoms with Crippen molar-refractivity contribution in [2.45, 2.75) is 31.0 Å². The Balaban J connectivity index is 1.29. The molecule has 0 saturated carbocycles. The van der Waals surface area contributed by atoms with E-state index in [-0.39, 0.29) is 17.7 Å². The standard InChI is InChI=1S/C25H25ClN6O2S/c1-16-29-30-25(32(16)17-9-11-18(34-2)12-10-17)35-15-23(33)31-13-5-8-22(31)24-27-14-21(28-24)19-6-3-4-7-20(19)26/h3-4,6-7,9-12,14,22H,5,8,13,15H2,1-2H3,(H,27,28). The summed E-state index contributed by atoms with van der Waals surface area (Å²) in [7, 11) is 1.64. The minimum absolute atomic E-state index is 0.0510. The van der Waals surface area contributed by atoms with Crippen LogP contribution in [0, 0.1) is 6.92 Å². The van der Waals surface area contributed by atoms with E-state index in [1.165, 1.54) is 11.8 Å². The lowest BCUT2D eigenvalue weighted by Gasteiger charge is -2.23. The number of aryl methyl sites for hydroxylation is 1. The van der Waals surface area contributed by atoms with Crippen LogP contribution in [0.1, 0.15) is 30.5 Å². The van der Waals surface area contributed by atoms with Gasteiger partial charge in [0.05, 0.1) is 30.8 Å². The lowest BCUT2D eigenvalue weighted by molar-refractivity contribution is -0.129. The second-order valence-corrected chi connectivity index (χ2v) is 9.61. The highest BCUT2D eigenvalue weighted by Crippen LogP contribution is 2.34. The molecule has 1 atom stereocenters. The van der Waals surface area contributed by atoms with Crippen LogP contribution in [0.5, 0.6) is 5.75 Å². The number of nitrogens with one attached hydrogen (secondary N) is 1. The number of aromatic nitrogens is 5. The first-order valence-corrected chi connectivity index (χ1v) is 12.7. The molecule has 1 aliphatic rings. The predicted octanol–water partition coefficient (Wildman–Crippen LogP) is 5.08. The van der Waals surface area contributed by atoms with E-state index in [1.807, 2.05) is 64.9 Å². The molecule has 1 aliphatic heterocycles. The number of halogens is 1. The summed E-state index contributed by atoms with van der Waals surface area (Å²) in [5.74, 6) is 2.64. The average molecular weight is 509 g/mol. The highest BCUT2D eigenvalue weighted by atomic mass is 35.5. The Morgan fingerprint density at radius 2 is 2.00 bits per heavy atom. The van der Waals surface area contributed by atoms with Crippen LogP contribution in [0.15, 0.2) is 59.9 Å². The van der Waals surface area contributed by atoms with Gasteiger partial charge in [0.2, 0.25) is 5.91 Å². The average Bonchev–Trinajstić information content (AvgIpc) is 3.63. The summed E-state index contributed by atoms with van der Waals surface area (Å²) < 4.78 is 7.20. The van der Waals surface area contributed by atoms with E-state index in [1.54, 1.807) is 13.3 Å². The van der Waals surface area contributed by atoms with Gasteiger partial charge < -0.3 is 14.6 Å². The first-order chi connectivity index (χ1) is 17.0. The van der Waals surface area contributed by atoms with Gasteiger partial charge in [0, 0.05) is 22.8 Å². The van der Waals surface area contributed by atoms with Crippen LogP contribution in [0.25, 0.3) is 16.9 Å². The molecular weight excluding hydrogens is 484 g/mol. The van der Waals surface area contributed by atoms with E-state index in [2.05, 4.69) is 20.2 Å². The first kappa shape index (κ1) is 23.4. The molecule has 0 spiro atoms. The fourth-order valence-corrected chi connectivity index (χ4v) is 5.47. The molecule has 2 aromatic carbocycles. The second kappa shape index (κ2) is 10.1. The Morgan fingerprint density at radius 1 is 1.20 bits per heavy atom. The number of nitrogens with zero attached hydrogens (tertiary/aromatic N) is 5. The molecule has 1 fully saturated rings. The van der Waals surface area contributed by atoms with Gasteiger partial charge in [0.15, 0.2) is 5.16 Å². The third kappa shape index (κ3) is 4.78. The van der Waals surface area contributed by atoms with Crippen molar-refractivity contribution in [3.05, 3.63) is 71.4 Å². The Labute approximate surface area is 212 Å². The number of H-pyrrole nitrogens is 1. The largest absolute Gasteiger partial charge is 0.497 e. The van der Waals surface area contributed by atoms with Gasteiger partial charge in [-0.25, -0.2) is 4.98 Å². The Bertz CT molecular complexity index is 1340. The summed E-state index contributed by atoms with van der Waals surface area (Å²) in [6.07, 6.45) is 3.59. The number of thioether (sulfide) groups is 1. The minimum atomic E-state index is -0.0828. The van der Waals surface area contributed by atoms with E-state index >= 15 is 0 Å². The monoisotopic (exact) mass is 508 g/mol. The quantitative estimate of drug-likeness (QED) is 0.350. The Kier molecular flexibility index (Phi) is 6.79. The summed E-state index contributed by atoms with van der Waals surface area (Å²) in [6.45, 7) is 2.60. The van der Waals surface area contributed by atoms with E-state index in [0.717, 1.165) is 47.2 Å². The molecule has 0 radical (unpaired) electrons. The fraction of sp³-hybridized carbons (Fsp3) is 0.280. The zero-order valence-electron chi connectivity index (χ0n) is 19.4. The first-order valence-electron chi connectivity index (χ1n) is 11.3. The van der Waals surface area contributed by atoms with Gasteiger partial charge in [-0.2, -0.15) is 0 Å². The number of likely N-dealkylation sites (tertiary alicyclic amines) is 1. The number of rotatable bonds is 7. The predicted molar refractivity (Wildman–Crippen MR) is 136 cm³/mol. The van der Waals surface area contributed by atoms with E-state index < -0.39 is 0 Å². The van der Waals surface area contributed by atoms with Crippen molar-refractivity contribution in [3.8, 4) is 22.7 Å². The number of imidazole rings is 1. The van der Waals surface area contributed by atoms with Crippen LogP contribution < -0.4 is 4.74 Å². The molecule has 180 valence electrons. The molecule has 8 nitrogen and oxygen atoms in total.